The van der Waals surface area contributed by atoms with Gasteiger partial charge >= 0.3 is 6.09 Å². The van der Waals surface area contributed by atoms with Gasteiger partial charge in [-0.25, -0.2) is 9.78 Å². The van der Waals surface area contributed by atoms with Gasteiger partial charge < -0.3 is 13.9 Å². The van der Waals surface area contributed by atoms with E-state index in [2.05, 4.69) is 23.5 Å². The molecule has 2 amide bonds. The van der Waals surface area contributed by atoms with Crippen molar-refractivity contribution in [2.24, 2.45) is 0 Å². The van der Waals surface area contributed by atoms with Crippen molar-refractivity contribution in [1.82, 2.24) is 10.3 Å². The van der Waals surface area contributed by atoms with Crippen LogP contribution in [0.1, 0.15) is 17.0 Å². The summed E-state index contributed by atoms with van der Waals surface area (Å²) < 4.78 is 16.5. The van der Waals surface area contributed by atoms with Crippen LogP contribution in [0.15, 0.2) is 65.4 Å². The number of benzene rings is 2. The van der Waals surface area contributed by atoms with Crippen LogP contribution in [0.3, 0.4) is 0 Å². The third-order valence-corrected chi connectivity index (χ3v) is 5.06. The van der Waals surface area contributed by atoms with Crippen molar-refractivity contribution in [3.8, 4) is 5.75 Å². The summed E-state index contributed by atoms with van der Waals surface area (Å²) in [5.74, 6) is 0.742. The Morgan fingerprint density at radius 1 is 1.20 bits per heavy atom. The topological polar surface area (TPSA) is 90.7 Å². The number of ether oxygens (including phenoxy) is 2. The van der Waals surface area contributed by atoms with Crippen molar-refractivity contribution in [3.05, 3.63) is 78.0 Å². The molecular weight excluding hydrogens is 404 g/mol. The molecule has 1 aromatic heterocycles. The summed E-state index contributed by atoms with van der Waals surface area (Å²) in [6.45, 7) is 7.95. The molecule has 1 atom stereocenters. The highest BCUT2D eigenvalue weighted by atomic mass is 32.2. The Kier molecular flexibility index (Phi) is 5.58. The number of amides is 2. The lowest BCUT2D eigenvalue weighted by Gasteiger charge is -2.09. The zero-order chi connectivity index (χ0) is 21.1. The van der Waals surface area contributed by atoms with E-state index < -0.39 is 18.1 Å². The van der Waals surface area contributed by atoms with Crippen molar-refractivity contribution in [1.29, 1.82) is 0 Å². The van der Waals surface area contributed by atoms with Crippen molar-refractivity contribution in [3.63, 3.8) is 0 Å². The van der Waals surface area contributed by atoms with Gasteiger partial charge in [-0.05, 0) is 40.8 Å². The second-order valence-electron chi connectivity index (χ2n) is 6.55. The maximum Gasteiger partial charge on any atom is 0.414 e. The summed E-state index contributed by atoms with van der Waals surface area (Å²) >= 11 is 1.36. The van der Waals surface area contributed by atoms with Gasteiger partial charge in [0.1, 0.15) is 17.9 Å². The van der Waals surface area contributed by atoms with E-state index >= 15 is 0 Å². The smallest absolute Gasteiger partial charge is 0.414 e. The van der Waals surface area contributed by atoms with Crippen molar-refractivity contribution in [2.75, 3.05) is 0 Å². The van der Waals surface area contributed by atoms with Gasteiger partial charge in [-0.1, -0.05) is 43.1 Å². The highest BCUT2D eigenvalue weighted by Crippen LogP contribution is 2.28. The first-order valence-corrected chi connectivity index (χ1v) is 9.99. The normalized spacial score (nSPS) is 15.7. The molecule has 0 saturated carbocycles. The quantitative estimate of drug-likeness (QED) is 0.574. The van der Waals surface area contributed by atoms with Crippen LogP contribution in [0.25, 0.3) is 16.0 Å². The van der Waals surface area contributed by atoms with Crippen LogP contribution in [0.4, 0.5) is 4.79 Å². The minimum Gasteiger partial charge on any atom is -0.489 e. The van der Waals surface area contributed by atoms with E-state index in [1.807, 2.05) is 42.5 Å². The second kappa shape index (κ2) is 8.46. The molecule has 1 fully saturated rings. The van der Waals surface area contributed by atoms with E-state index in [0.29, 0.717) is 35.2 Å². The number of cyclic esters (lactones) is 1. The maximum atomic E-state index is 11.6. The fraction of sp³-hybridized carbons (Fsp3) is 0.136. The molecule has 1 saturated heterocycles. The Labute approximate surface area is 176 Å². The molecule has 1 aliphatic heterocycles. The molecule has 3 aromatic rings. The molecule has 8 heteroatoms. The lowest BCUT2D eigenvalue weighted by molar-refractivity contribution is -0.123. The number of carbonyl (C=O) groups is 2. The molecule has 0 aliphatic carbocycles. The number of alkyl carbamates (subject to hydrolysis) is 1. The lowest BCUT2D eigenvalue weighted by Crippen LogP contribution is -2.25. The largest absolute Gasteiger partial charge is 0.489 e. The summed E-state index contributed by atoms with van der Waals surface area (Å²) in [6, 6.07) is 13.0. The summed E-state index contributed by atoms with van der Waals surface area (Å²) in [7, 11) is 0. The molecule has 1 aliphatic rings. The summed E-state index contributed by atoms with van der Waals surface area (Å²) in [4.78, 5) is 27.8. The number of nitrogens with zero attached hydrogens (tertiary/aromatic N) is 1. The molecule has 1 unspecified atom stereocenters. The van der Waals surface area contributed by atoms with E-state index in [-0.39, 0.29) is 0 Å². The number of carbonyl (C=O) groups excluding carboxylic acids is 2. The third-order valence-electron chi connectivity index (χ3n) is 4.43. The monoisotopic (exact) mass is 422 g/mol. The maximum absolute atomic E-state index is 11.6. The molecule has 2 heterocycles. The van der Waals surface area contributed by atoms with Gasteiger partial charge in [-0.3, -0.25) is 10.1 Å². The first-order valence-electron chi connectivity index (χ1n) is 9.11. The van der Waals surface area contributed by atoms with Gasteiger partial charge in [0, 0.05) is 6.42 Å². The minimum absolute atomic E-state index is 0.318. The number of thioether (sulfide) groups is 1. The zero-order valence-corrected chi connectivity index (χ0v) is 16.7. The fourth-order valence-corrected chi connectivity index (χ4v) is 3.35. The molecule has 7 nitrogen and oxygen atoms in total. The predicted molar refractivity (Wildman–Crippen MR) is 114 cm³/mol. The third kappa shape index (κ3) is 4.38. The number of fused-ring (bicyclic) bond motifs is 1. The Bertz CT molecular complexity index is 1140. The number of rotatable bonds is 8. The molecule has 152 valence electrons. The molecule has 0 radical (unpaired) electrons. The predicted octanol–water partition coefficient (Wildman–Crippen LogP) is 4.43. The van der Waals surface area contributed by atoms with Gasteiger partial charge in [-0.15, -0.1) is 0 Å². The van der Waals surface area contributed by atoms with Crippen molar-refractivity contribution < 1.29 is 23.5 Å². The van der Waals surface area contributed by atoms with Crippen LogP contribution in [0.2, 0.25) is 0 Å². The Morgan fingerprint density at radius 2 is 1.97 bits per heavy atom. The highest BCUT2D eigenvalue weighted by Gasteiger charge is 2.31. The van der Waals surface area contributed by atoms with Crippen LogP contribution >= 0.6 is 11.8 Å². The second-order valence-corrected chi connectivity index (χ2v) is 7.61. The van der Waals surface area contributed by atoms with E-state index in [9.17, 15) is 9.59 Å². The Morgan fingerprint density at radius 3 is 2.67 bits per heavy atom. The lowest BCUT2D eigenvalue weighted by atomic mass is 10.1. The van der Waals surface area contributed by atoms with Gasteiger partial charge in [0.2, 0.25) is 5.89 Å². The summed E-state index contributed by atoms with van der Waals surface area (Å²) in [5.41, 5.74) is 3.23. The molecule has 2 aromatic carbocycles. The number of imide groups is 1. The van der Waals surface area contributed by atoms with Gasteiger partial charge in [0.25, 0.3) is 5.91 Å². The molecule has 0 spiro atoms. The standard InChI is InChI=1S/C22H18N2O5S/c1-3-30-13(2)21-23-17-10-15(6-9-18(17)28-21)12-27-16-7-4-14(5-8-16)11-19-20(25)24-22(26)29-19/h3-10,19H,1-2,11-12H2,(H,24,25,26). The SMILES string of the molecule is C=CSC(=C)c1nc2cc(COc3ccc(CC4OC(=O)NC4=O)cc3)ccc2o1. The zero-order valence-electron chi connectivity index (χ0n) is 15.9. The minimum atomic E-state index is -0.788. The first kappa shape index (κ1) is 19.8. The summed E-state index contributed by atoms with van der Waals surface area (Å²) in [6.07, 6.45) is -1.17. The van der Waals surface area contributed by atoms with Gasteiger partial charge in [-0.2, -0.15) is 0 Å². The molecular formula is C22H18N2O5S. The van der Waals surface area contributed by atoms with Crippen LogP contribution in [0, 0.1) is 0 Å². The molecule has 4 rings (SSSR count). The number of aromatic nitrogens is 1. The number of hydrogen-bond acceptors (Lipinski definition) is 7. The van der Waals surface area contributed by atoms with Crippen LogP contribution < -0.4 is 10.1 Å². The van der Waals surface area contributed by atoms with E-state index in [0.717, 1.165) is 16.6 Å². The van der Waals surface area contributed by atoms with Gasteiger partial charge in [0.05, 0.1) is 4.91 Å². The number of hydrogen-bond donors (Lipinski definition) is 1. The van der Waals surface area contributed by atoms with E-state index in [1.165, 1.54) is 11.8 Å². The van der Waals surface area contributed by atoms with Crippen molar-refractivity contribution >= 4 is 39.8 Å². The Balaban J connectivity index is 1.37. The average molecular weight is 422 g/mol. The first-order chi connectivity index (χ1) is 14.5. The molecule has 30 heavy (non-hydrogen) atoms. The molecule has 1 N–H and O–H groups in total. The number of nitrogens with one attached hydrogen (secondary N) is 1. The van der Waals surface area contributed by atoms with E-state index in [1.54, 1.807) is 5.41 Å². The summed E-state index contributed by atoms with van der Waals surface area (Å²) in [5, 5.41) is 3.79. The van der Waals surface area contributed by atoms with Crippen LogP contribution in [0.5, 0.6) is 5.75 Å². The Hall–Kier alpha value is -3.52. The average Bonchev–Trinajstić information content (AvgIpc) is 3.29. The van der Waals surface area contributed by atoms with Crippen LogP contribution in [-0.2, 0) is 22.6 Å². The van der Waals surface area contributed by atoms with E-state index in [4.69, 9.17) is 13.9 Å². The highest BCUT2D eigenvalue weighted by molar-refractivity contribution is 8.10. The van der Waals surface area contributed by atoms with Gasteiger partial charge in [0.15, 0.2) is 11.7 Å². The molecule has 0 bridgehead atoms. The van der Waals surface area contributed by atoms with Crippen LogP contribution in [-0.4, -0.2) is 23.1 Å². The number of oxazole rings is 1. The fourth-order valence-electron chi connectivity index (χ4n) is 2.96. The van der Waals surface area contributed by atoms with Crippen molar-refractivity contribution in [2.45, 2.75) is 19.1 Å².